The number of nitrogens with zero attached hydrogens (tertiary/aromatic N) is 3. The van der Waals surface area contributed by atoms with Crippen LogP contribution in [0.2, 0.25) is 0 Å². The molecule has 7 heteroatoms. The second kappa shape index (κ2) is 7.20. The Morgan fingerprint density at radius 2 is 2.11 bits per heavy atom. The molecule has 2 heterocycles. The van der Waals surface area contributed by atoms with Gasteiger partial charge in [0.25, 0.3) is 0 Å². The molecule has 0 atom stereocenters. The number of nitrogens with one attached hydrogen (secondary N) is 1. The molecule has 0 saturated carbocycles. The third kappa shape index (κ3) is 3.41. The number of fused-ring (bicyclic) bond motifs is 1. The van der Waals surface area contributed by atoms with Gasteiger partial charge in [-0.2, -0.15) is 0 Å². The number of amides is 1. The lowest BCUT2D eigenvalue weighted by Crippen LogP contribution is -2.19. The summed E-state index contributed by atoms with van der Waals surface area (Å²) in [6.45, 7) is 2.10. The topological polar surface area (TPSA) is 69.0 Å². The summed E-state index contributed by atoms with van der Waals surface area (Å²) in [6.07, 6.45) is 0. The van der Waals surface area contributed by atoms with E-state index in [4.69, 9.17) is 4.74 Å². The largest absolute Gasteiger partial charge is 0.495 e. The van der Waals surface area contributed by atoms with Crippen molar-refractivity contribution in [1.82, 2.24) is 14.5 Å². The molecule has 4 rings (SSSR count). The van der Waals surface area contributed by atoms with Crippen LogP contribution >= 0.6 is 11.3 Å². The van der Waals surface area contributed by atoms with Gasteiger partial charge in [0.2, 0.25) is 5.91 Å². The third-order valence-electron chi connectivity index (χ3n) is 4.25. The molecule has 0 aliphatic heterocycles. The maximum absolute atomic E-state index is 12.8. The summed E-state index contributed by atoms with van der Waals surface area (Å²) in [5, 5.41) is 4.88. The van der Waals surface area contributed by atoms with Crippen molar-refractivity contribution in [2.45, 2.75) is 13.5 Å². The number of thiazole rings is 1. The van der Waals surface area contributed by atoms with Gasteiger partial charge in [-0.25, -0.2) is 9.97 Å². The average Bonchev–Trinajstić information content (AvgIpc) is 3.30. The number of para-hydroxylation sites is 2. The maximum Gasteiger partial charge on any atom is 0.244 e. The lowest BCUT2D eigenvalue weighted by Gasteiger charge is -2.12. The van der Waals surface area contributed by atoms with Crippen molar-refractivity contribution in [2.24, 2.45) is 0 Å². The maximum atomic E-state index is 12.8. The van der Waals surface area contributed by atoms with Gasteiger partial charge >= 0.3 is 0 Å². The summed E-state index contributed by atoms with van der Waals surface area (Å²) >= 11 is 1.50. The molecule has 4 aromatic rings. The number of hydrogen-bond acceptors (Lipinski definition) is 5. The van der Waals surface area contributed by atoms with Crippen LogP contribution in [0.3, 0.4) is 0 Å². The number of hydrogen-bond donors (Lipinski definition) is 1. The summed E-state index contributed by atoms with van der Waals surface area (Å²) in [7, 11) is 1.59. The van der Waals surface area contributed by atoms with E-state index in [0.717, 1.165) is 22.3 Å². The van der Waals surface area contributed by atoms with E-state index in [-0.39, 0.29) is 12.5 Å². The first-order valence-electron chi connectivity index (χ1n) is 8.44. The molecular weight excluding hydrogens is 360 g/mol. The first kappa shape index (κ1) is 17.2. The van der Waals surface area contributed by atoms with Crippen LogP contribution in [0, 0.1) is 6.92 Å². The Labute approximate surface area is 160 Å². The molecule has 0 bridgehead atoms. The molecule has 0 spiro atoms. The van der Waals surface area contributed by atoms with E-state index >= 15 is 0 Å². The Morgan fingerprint density at radius 1 is 1.26 bits per heavy atom. The van der Waals surface area contributed by atoms with Crippen molar-refractivity contribution in [2.75, 3.05) is 12.4 Å². The standard InChI is InChI=1S/C20H18N4O2S/c1-13-7-8-18(26-2)15(9-13)22-19(25)10-24-17-6-4-3-5-14(17)23-20(24)16-11-27-12-21-16/h3-9,11-12H,10H2,1-2H3,(H,22,25). The summed E-state index contributed by atoms with van der Waals surface area (Å²) in [5.41, 5.74) is 5.95. The van der Waals surface area contributed by atoms with E-state index in [1.165, 1.54) is 11.3 Å². The fraction of sp³-hybridized carbons (Fsp3) is 0.150. The van der Waals surface area contributed by atoms with Crippen LogP contribution in [-0.2, 0) is 11.3 Å². The van der Waals surface area contributed by atoms with E-state index in [1.54, 1.807) is 12.6 Å². The summed E-state index contributed by atoms with van der Waals surface area (Å²) < 4.78 is 7.24. The number of anilines is 1. The number of carbonyl (C=O) groups is 1. The molecule has 0 saturated heterocycles. The van der Waals surface area contributed by atoms with Crippen molar-refractivity contribution in [3.05, 3.63) is 58.9 Å². The summed E-state index contributed by atoms with van der Waals surface area (Å²) in [6, 6.07) is 13.4. The highest BCUT2D eigenvalue weighted by atomic mass is 32.1. The SMILES string of the molecule is COc1ccc(C)cc1NC(=O)Cn1c(-c2cscn2)nc2ccccc21. The van der Waals surface area contributed by atoms with Gasteiger partial charge in [0.05, 0.1) is 29.3 Å². The molecule has 1 amide bonds. The molecule has 0 aliphatic rings. The fourth-order valence-corrected chi connectivity index (χ4v) is 3.54. The normalized spacial score (nSPS) is 10.9. The van der Waals surface area contributed by atoms with E-state index in [0.29, 0.717) is 17.3 Å². The monoisotopic (exact) mass is 378 g/mol. The fourth-order valence-electron chi connectivity index (χ4n) is 3.01. The van der Waals surface area contributed by atoms with Crippen LogP contribution in [0.5, 0.6) is 5.75 Å². The van der Waals surface area contributed by atoms with E-state index in [9.17, 15) is 4.79 Å². The van der Waals surface area contributed by atoms with Crippen molar-refractivity contribution in [3.8, 4) is 17.3 Å². The molecule has 6 nitrogen and oxygen atoms in total. The first-order valence-corrected chi connectivity index (χ1v) is 9.38. The van der Waals surface area contributed by atoms with Crippen LogP contribution < -0.4 is 10.1 Å². The Bertz CT molecular complexity index is 1100. The Kier molecular flexibility index (Phi) is 4.60. The van der Waals surface area contributed by atoms with Crippen molar-refractivity contribution in [1.29, 1.82) is 0 Å². The smallest absolute Gasteiger partial charge is 0.244 e. The van der Waals surface area contributed by atoms with Gasteiger partial charge in [-0.3, -0.25) is 4.79 Å². The lowest BCUT2D eigenvalue weighted by molar-refractivity contribution is -0.116. The highest BCUT2D eigenvalue weighted by molar-refractivity contribution is 7.07. The van der Waals surface area contributed by atoms with Crippen molar-refractivity contribution in [3.63, 3.8) is 0 Å². The van der Waals surface area contributed by atoms with Gasteiger partial charge in [-0.05, 0) is 36.8 Å². The third-order valence-corrected chi connectivity index (χ3v) is 4.83. The first-order chi connectivity index (χ1) is 13.2. The molecule has 27 heavy (non-hydrogen) atoms. The van der Waals surface area contributed by atoms with Crippen LogP contribution in [-0.4, -0.2) is 27.6 Å². The lowest BCUT2D eigenvalue weighted by atomic mass is 10.2. The second-order valence-corrected chi connectivity index (χ2v) is 6.85. The van der Waals surface area contributed by atoms with Gasteiger partial charge in [-0.1, -0.05) is 18.2 Å². The van der Waals surface area contributed by atoms with Crippen LogP contribution in [0.1, 0.15) is 5.56 Å². The molecule has 0 unspecified atom stereocenters. The Balaban J connectivity index is 1.68. The van der Waals surface area contributed by atoms with Gasteiger partial charge in [0.1, 0.15) is 18.0 Å². The molecule has 0 radical (unpaired) electrons. The minimum absolute atomic E-state index is 0.129. The number of carbonyl (C=O) groups excluding carboxylic acids is 1. The van der Waals surface area contributed by atoms with Crippen molar-refractivity contribution >= 4 is 34.0 Å². The van der Waals surface area contributed by atoms with E-state index in [2.05, 4.69) is 15.3 Å². The van der Waals surface area contributed by atoms with Gasteiger partial charge in [-0.15, -0.1) is 11.3 Å². The number of aryl methyl sites for hydroxylation is 1. The summed E-state index contributed by atoms with van der Waals surface area (Å²) in [5.74, 6) is 1.16. The van der Waals surface area contributed by atoms with Crippen LogP contribution in [0.25, 0.3) is 22.6 Å². The van der Waals surface area contributed by atoms with E-state index < -0.39 is 0 Å². The highest BCUT2D eigenvalue weighted by Crippen LogP contribution is 2.27. The quantitative estimate of drug-likeness (QED) is 0.567. The number of aromatic nitrogens is 3. The van der Waals surface area contributed by atoms with Crippen LogP contribution in [0.15, 0.2) is 53.4 Å². The van der Waals surface area contributed by atoms with Gasteiger partial charge < -0.3 is 14.6 Å². The molecule has 2 aromatic heterocycles. The molecule has 2 aromatic carbocycles. The average molecular weight is 378 g/mol. The second-order valence-electron chi connectivity index (χ2n) is 6.14. The molecule has 1 N–H and O–H groups in total. The number of ether oxygens (including phenoxy) is 1. The Hall–Kier alpha value is -3.19. The summed E-state index contributed by atoms with van der Waals surface area (Å²) in [4.78, 5) is 21.8. The molecule has 136 valence electrons. The Morgan fingerprint density at radius 3 is 2.89 bits per heavy atom. The molecule has 0 aliphatic carbocycles. The zero-order valence-electron chi connectivity index (χ0n) is 15.0. The predicted molar refractivity (Wildman–Crippen MR) is 107 cm³/mol. The number of imidazole rings is 1. The van der Waals surface area contributed by atoms with Gasteiger partial charge in [0.15, 0.2) is 5.82 Å². The molecule has 0 fully saturated rings. The van der Waals surface area contributed by atoms with Gasteiger partial charge in [0, 0.05) is 5.38 Å². The number of rotatable bonds is 5. The molecular formula is C20H18N4O2S. The minimum Gasteiger partial charge on any atom is -0.495 e. The zero-order chi connectivity index (χ0) is 18.8. The zero-order valence-corrected chi connectivity index (χ0v) is 15.8. The van der Waals surface area contributed by atoms with E-state index in [1.807, 2.05) is 59.3 Å². The number of methoxy groups -OCH3 is 1. The van der Waals surface area contributed by atoms with Crippen LogP contribution in [0.4, 0.5) is 5.69 Å². The highest BCUT2D eigenvalue weighted by Gasteiger charge is 2.17. The number of benzene rings is 2. The van der Waals surface area contributed by atoms with Crippen molar-refractivity contribution < 1.29 is 9.53 Å². The minimum atomic E-state index is -0.154. The predicted octanol–water partition coefficient (Wildman–Crippen LogP) is 4.12.